The number of hydrogen-bond acceptors (Lipinski definition) is 3. The first kappa shape index (κ1) is 15.1. The van der Waals surface area contributed by atoms with E-state index < -0.39 is 0 Å². The Balaban J connectivity index is 1.55. The fraction of sp³-hybridized carbons (Fsp3) is 0.444. The van der Waals surface area contributed by atoms with E-state index in [0.717, 1.165) is 53.9 Å². The fourth-order valence-corrected chi connectivity index (χ4v) is 3.83. The van der Waals surface area contributed by atoms with Crippen molar-refractivity contribution in [3.8, 4) is 0 Å². The molecule has 1 N–H and O–H groups in total. The number of fused-ring (bicyclic) bond motifs is 1. The van der Waals surface area contributed by atoms with E-state index in [1.165, 1.54) is 11.1 Å². The lowest BCUT2D eigenvalue weighted by molar-refractivity contribution is 0.241. The van der Waals surface area contributed by atoms with Crippen LogP contribution in [0.4, 0.5) is 0 Å². The van der Waals surface area contributed by atoms with Gasteiger partial charge < -0.3 is 4.98 Å². The molecule has 23 heavy (non-hydrogen) atoms. The molecule has 1 aromatic carbocycles. The van der Waals surface area contributed by atoms with Crippen molar-refractivity contribution < 1.29 is 0 Å². The van der Waals surface area contributed by atoms with Crippen LogP contribution in [0.1, 0.15) is 47.0 Å². The minimum Gasteiger partial charge on any atom is -0.310 e. The van der Waals surface area contributed by atoms with Crippen molar-refractivity contribution in [1.82, 2.24) is 14.9 Å². The quantitative estimate of drug-likeness (QED) is 0.897. The number of nitrogens with zero attached hydrogens (tertiary/aromatic N) is 2. The van der Waals surface area contributed by atoms with Gasteiger partial charge in [0.1, 0.15) is 5.82 Å². The van der Waals surface area contributed by atoms with Crippen molar-refractivity contribution in [3.05, 3.63) is 61.2 Å². The third-order valence-electron chi connectivity index (χ3n) is 4.73. The molecule has 2 heterocycles. The predicted octanol–water partition coefficient (Wildman–Crippen LogP) is 3.28. The summed E-state index contributed by atoms with van der Waals surface area (Å²) in [5, 5.41) is 0. The molecule has 0 atom stereocenters. The second-order valence-electron chi connectivity index (χ2n) is 6.71. The SMILES string of the molecule is Cc1ccc(CN2CCc3nc(C4CC4)[nH]c(=O)c3C2)c(Br)c1. The van der Waals surface area contributed by atoms with Crippen molar-refractivity contribution in [1.29, 1.82) is 0 Å². The molecule has 2 aliphatic rings. The minimum absolute atomic E-state index is 0.0598. The van der Waals surface area contributed by atoms with Gasteiger partial charge in [0.2, 0.25) is 0 Å². The molecule has 1 aliphatic carbocycles. The summed E-state index contributed by atoms with van der Waals surface area (Å²) in [5.41, 5.74) is 4.43. The number of aryl methyl sites for hydroxylation is 1. The predicted molar refractivity (Wildman–Crippen MR) is 93.5 cm³/mol. The van der Waals surface area contributed by atoms with Gasteiger partial charge in [0.05, 0.1) is 11.3 Å². The molecule has 2 aromatic rings. The molecule has 0 unspecified atom stereocenters. The Kier molecular flexibility index (Phi) is 3.85. The molecule has 4 rings (SSSR count). The van der Waals surface area contributed by atoms with Crippen LogP contribution in [0, 0.1) is 6.92 Å². The lowest BCUT2D eigenvalue weighted by Crippen LogP contribution is -2.35. The third-order valence-corrected chi connectivity index (χ3v) is 5.47. The molecule has 1 saturated carbocycles. The Morgan fingerprint density at radius 2 is 2.22 bits per heavy atom. The van der Waals surface area contributed by atoms with E-state index in [1.807, 2.05) is 0 Å². The van der Waals surface area contributed by atoms with Crippen LogP contribution in [-0.2, 0) is 19.5 Å². The summed E-state index contributed by atoms with van der Waals surface area (Å²) >= 11 is 3.65. The zero-order valence-corrected chi connectivity index (χ0v) is 14.8. The molecule has 4 nitrogen and oxygen atoms in total. The number of aromatic amines is 1. The van der Waals surface area contributed by atoms with Gasteiger partial charge in [0, 0.05) is 36.4 Å². The Bertz CT molecular complexity index is 810. The normalized spacial score (nSPS) is 18.0. The number of hydrogen-bond donors (Lipinski definition) is 1. The van der Waals surface area contributed by atoms with Crippen LogP contribution < -0.4 is 5.56 Å². The molecule has 1 aliphatic heterocycles. The fourth-order valence-electron chi connectivity index (χ4n) is 3.21. The minimum atomic E-state index is 0.0598. The molecular weight excluding hydrogens is 354 g/mol. The average Bonchev–Trinajstić information content (AvgIpc) is 3.35. The summed E-state index contributed by atoms with van der Waals surface area (Å²) in [6, 6.07) is 6.44. The van der Waals surface area contributed by atoms with Crippen LogP contribution in [0.5, 0.6) is 0 Å². The van der Waals surface area contributed by atoms with Crippen molar-refractivity contribution in [2.75, 3.05) is 6.54 Å². The molecule has 0 amide bonds. The first-order valence-corrected chi connectivity index (χ1v) is 8.99. The number of H-pyrrole nitrogens is 1. The molecule has 0 radical (unpaired) electrons. The summed E-state index contributed by atoms with van der Waals surface area (Å²) in [6.07, 6.45) is 3.19. The van der Waals surface area contributed by atoms with Crippen LogP contribution >= 0.6 is 15.9 Å². The lowest BCUT2D eigenvalue weighted by atomic mass is 10.1. The molecule has 1 fully saturated rings. The van der Waals surface area contributed by atoms with E-state index >= 15 is 0 Å². The van der Waals surface area contributed by atoms with Crippen LogP contribution in [0.15, 0.2) is 27.5 Å². The van der Waals surface area contributed by atoms with Gasteiger partial charge in [0.15, 0.2) is 0 Å². The van der Waals surface area contributed by atoms with Gasteiger partial charge in [-0.2, -0.15) is 0 Å². The van der Waals surface area contributed by atoms with Gasteiger partial charge in [-0.3, -0.25) is 9.69 Å². The number of nitrogens with one attached hydrogen (secondary N) is 1. The highest BCUT2D eigenvalue weighted by atomic mass is 79.9. The standard InChI is InChI=1S/C18H20BrN3O/c1-11-2-3-13(15(19)8-11)9-22-7-6-16-14(10-22)18(23)21-17(20-16)12-4-5-12/h2-3,8,12H,4-7,9-10H2,1H3,(H,20,21,23). The van der Waals surface area contributed by atoms with Gasteiger partial charge >= 0.3 is 0 Å². The Morgan fingerprint density at radius 3 is 2.96 bits per heavy atom. The Hall–Kier alpha value is -1.46. The van der Waals surface area contributed by atoms with Gasteiger partial charge in [-0.05, 0) is 37.0 Å². The monoisotopic (exact) mass is 373 g/mol. The maximum Gasteiger partial charge on any atom is 0.255 e. The van der Waals surface area contributed by atoms with Crippen molar-refractivity contribution in [2.24, 2.45) is 0 Å². The largest absolute Gasteiger partial charge is 0.310 e. The maximum atomic E-state index is 12.4. The topological polar surface area (TPSA) is 49.0 Å². The third kappa shape index (κ3) is 3.12. The van der Waals surface area contributed by atoms with E-state index in [1.54, 1.807) is 0 Å². The molecular formula is C18H20BrN3O. The maximum absolute atomic E-state index is 12.4. The number of benzene rings is 1. The van der Waals surface area contributed by atoms with E-state index in [9.17, 15) is 4.79 Å². The molecule has 0 bridgehead atoms. The number of aromatic nitrogens is 2. The van der Waals surface area contributed by atoms with Crippen molar-refractivity contribution in [3.63, 3.8) is 0 Å². The number of rotatable bonds is 3. The Labute approximate surface area is 144 Å². The highest BCUT2D eigenvalue weighted by molar-refractivity contribution is 9.10. The van der Waals surface area contributed by atoms with E-state index in [0.29, 0.717) is 12.5 Å². The summed E-state index contributed by atoms with van der Waals surface area (Å²) in [6.45, 7) is 4.58. The van der Waals surface area contributed by atoms with Crippen molar-refractivity contribution in [2.45, 2.75) is 45.2 Å². The number of halogens is 1. The summed E-state index contributed by atoms with van der Waals surface area (Å²) in [4.78, 5) is 22.4. The molecule has 120 valence electrons. The summed E-state index contributed by atoms with van der Waals surface area (Å²) < 4.78 is 1.14. The van der Waals surface area contributed by atoms with E-state index in [4.69, 9.17) is 4.98 Å². The average molecular weight is 374 g/mol. The first-order chi connectivity index (χ1) is 11.1. The Morgan fingerprint density at radius 1 is 1.39 bits per heavy atom. The zero-order chi connectivity index (χ0) is 16.0. The highest BCUT2D eigenvalue weighted by Crippen LogP contribution is 2.37. The van der Waals surface area contributed by atoms with Crippen molar-refractivity contribution >= 4 is 15.9 Å². The second-order valence-corrected chi connectivity index (χ2v) is 7.56. The van der Waals surface area contributed by atoms with Gasteiger partial charge in [-0.15, -0.1) is 0 Å². The van der Waals surface area contributed by atoms with Crippen LogP contribution in [-0.4, -0.2) is 21.4 Å². The zero-order valence-electron chi connectivity index (χ0n) is 13.2. The van der Waals surface area contributed by atoms with Crippen LogP contribution in [0.2, 0.25) is 0 Å². The van der Waals surface area contributed by atoms with E-state index in [2.05, 4.69) is 50.9 Å². The van der Waals surface area contributed by atoms with E-state index in [-0.39, 0.29) is 5.56 Å². The van der Waals surface area contributed by atoms with Gasteiger partial charge in [-0.1, -0.05) is 28.1 Å². The summed E-state index contributed by atoms with van der Waals surface area (Å²) in [7, 11) is 0. The molecule has 1 aromatic heterocycles. The van der Waals surface area contributed by atoms with Crippen LogP contribution in [0.25, 0.3) is 0 Å². The lowest BCUT2D eigenvalue weighted by Gasteiger charge is -2.28. The highest BCUT2D eigenvalue weighted by Gasteiger charge is 2.29. The molecule has 0 saturated heterocycles. The second kappa shape index (κ2) is 5.87. The molecule has 0 spiro atoms. The van der Waals surface area contributed by atoms with Gasteiger partial charge in [-0.25, -0.2) is 4.98 Å². The first-order valence-electron chi connectivity index (χ1n) is 8.19. The summed E-state index contributed by atoms with van der Waals surface area (Å²) in [5.74, 6) is 1.40. The smallest absolute Gasteiger partial charge is 0.255 e. The molecule has 5 heteroatoms. The van der Waals surface area contributed by atoms with Gasteiger partial charge in [0.25, 0.3) is 5.56 Å². The van der Waals surface area contributed by atoms with Crippen LogP contribution in [0.3, 0.4) is 0 Å².